The van der Waals surface area contributed by atoms with Crippen LogP contribution in [0.1, 0.15) is 47.1 Å². The van der Waals surface area contributed by atoms with E-state index in [2.05, 4.69) is 26.1 Å². The van der Waals surface area contributed by atoms with Gasteiger partial charge in [0.2, 0.25) is 5.91 Å². The van der Waals surface area contributed by atoms with Crippen LogP contribution >= 0.6 is 7.82 Å². The zero-order valence-electron chi connectivity index (χ0n) is 22.3. The van der Waals surface area contributed by atoms with E-state index >= 15 is 0 Å². The predicted octanol–water partition coefficient (Wildman–Crippen LogP) is 1.34. The van der Waals surface area contributed by atoms with Crippen molar-refractivity contribution in [1.29, 1.82) is 0 Å². The van der Waals surface area contributed by atoms with Crippen molar-refractivity contribution in [2.24, 2.45) is 10.8 Å². The number of nitrogens with one attached hydrogen (secondary N) is 1. The number of ether oxygens (including phenoxy) is 3. The average molecular weight is 560 g/mol. The van der Waals surface area contributed by atoms with Crippen LogP contribution in [-0.4, -0.2) is 81.0 Å². The maximum atomic E-state index is 12.9. The van der Waals surface area contributed by atoms with Gasteiger partial charge in [-0.1, -0.05) is 40.7 Å². The smallest absolute Gasteiger partial charge is 0.489 e. The Kier molecular flexibility index (Phi) is 9.02. The van der Waals surface area contributed by atoms with Crippen LogP contribution in [0.4, 0.5) is 0 Å². The number of phosphoric ester groups is 1. The highest BCUT2D eigenvalue weighted by Crippen LogP contribution is 2.44. The van der Waals surface area contributed by atoms with Crippen LogP contribution in [0.2, 0.25) is 0 Å². The number of benzene rings is 1. The highest BCUT2D eigenvalue weighted by atomic mass is 31.2. The summed E-state index contributed by atoms with van der Waals surface area (Å²) in [6, 6.07) is 3.19. The first-order valence-electron chi connectivity index (χ1n) is 12.2. The van der Waals surface area contributed by atoms with Gasteiger partial charge in [0.1, 0.15) is 37.3 Å². The van der Waals surface area contributed by atoms with Crippen LogP contribution in [0.15, 0.2) is 23.8 Å². The van der Waals surface area contributed by atoms with Crippen molar-refractivity contribution in [1.82, 2.24) is 5.32 Å². The summed E-state index contributed by atoms with van der Waals surface area (Å²) in [5, 5.41) is 33.8. The molecule has 13 heteroatoms. The Morgan fingerprint density at radius 1 is 1.05 bits per heavy atom. The SMILES string of the molecule is C/C(=C\c1ccc(OCC(C)(C)C(C)(C)C)c(OP(=O)(O)O)c1)C(=O)N[C@@H]1[C@H](O)[C@@H](O)[C@H]2OCO[C@H]2[C@@H]1O. The maximum Gasteiger partial charge on any atom is 0.524 e. The Morgan fingerprint density at radius 3 is 2.24 bits per heavy atom. The molecule has 0 unspecified atom stereocenters. The number of carbonyl (C=O) groups excluding carboxylic acids is 1. The number of aliphatic hydroxyl groups is 3. The highest BCUT2D eigenvalue weighted by molar-refractivity contribution is 7.46. The normalized spacial score (nSPS) is 28.6. The molecule has 1 aromatic rings. The molecule has 2 fully saturated rings. The summed E-state index contributed by atoms with van der Waals surface area (Å²) < 4.78 is 32.8. The van der Waals surface area contributed by atoms with E-state index in [0.29, 0.717) is 5.56 Å². The zero-order chi connectivity index (χ0) is 28.6. The Morgan fingerprint density at radius 2 is 1.66 bits per heavy atom. The van der Waals surface area contributed by atoms with Gasteiger partial charge in [0, 0.05) is 11.0 Å². The number of carbonyl (C=O) groups is 1. The van der Waals surface area contributed by atoms with Gasteiger partial charge in [-0.15, -0.1) is 0 Å². The molecule has 0 bridgehead atoms. The molecule has 38 heavy (non-hydrogen) atoms. The number of fused-ring (bicyclic) bond motifs is 1. The van der Waals surface area contributed by atoms with E-state index in [1.54, 1.807) is 6.07 Å². The topological polar surface area (TPSA) is 184 Å². The summed E-state index contributed by atoms with van der Waals surface area (Å²) in [6.07, 6.45) is -4.58. The molecule has 1 heterocycles. The lowest BCUT2D eigenvalue weighted by Gasteiger charge is -2.41. The van der Waals surface area contributed by atoms with Crippen molar-refractivity contribution in [3.05, 3.63) is 29.3 Å². The van der Waals surface area contributed by atoms with E-state index in [1.807, 2.05) is 13.8 Å². The Hall–Kier alpha value is -2.02. The Bertz CT molecular complexity index is 1090. The second kappa shape index (κ2) is 11.2. The maximum absolute atomic E-state index is 12.9. The largest absolute Gasteiger partial charge is 0.524 e. The first-order valence-corrected chi connectivity index (χ1v) is 13.7. The minimum atomic E-state index is -4.92. The summed E-state index contributed by atoms with van der Waals surface area (Å²) in [4.78, 5) is 31.7. The van der Waals surface area contributed by atoms with E-state index in [-0.39, 0.29) is 41.3 Å². The van der Waals surface area contributed by atoms with Gasteiger partial charge in [-0.3, -0.25) is 14.6 Å². The number of aliphatic hydroxyl groups excluding tert-OH is 3. The molecular weight excluding hydrogens is 521 g/mol. The summed E-state index contributed by atoms with van der Waals surface area (Å²) in [5.74, 6) is -0.723. The Labute approximate surface area is 221 Å². The van der Waals surface area contributed by atoms with Crippen LogP contribution in [0.5, 0.6) is 11.5 Å². The standard InChI is InChI=1S/C25H38NO11P/c1-13(23(30)26-17-18(27)20(29)22-21(19(17)28)35-12-36-22)9-14-7-8-15(16(10-14)37-38(31,32)33)34-11-25(5,6)24(2,3)4/h7-10,17-22,27-29H,11-12H2,1-6H3,(H,26,30)(H2,31,32,33)/b13-9+/t17-,18+,19-,20-,21+,22-/m1/s1. The van der Waals surface area contributed by atoms with E-state index in [4.69, 9.17) is 18.7 Å². The molecule has 1 saturated heterocycles. The van der Waals surface area contributed by atoms with Crippen LogP contribution in [0.25, 0.3) is 6.08 Å². The van der Waals surface area contributed by atoms with Crippen LogP contribution in [0.3, 0.4) is 0 Å². The van der Waals surface area contributed by atoms with Crippen molar-refractivity contribution in [3.63, 3.8) is 0 Å². The van der Waals surface area contributed by atoms with Gasteiger partial charge < -0.3 is 39.4 Å². The van der Waals surface area contributed by atoms with Crippen LogP contribution < -0.4 is 14.6 Å². The number of amides is 1. The van der Waals surface area contributed by atoms with Gasteiger partial charge in [-0.2, -0.15) is 0 Å². The van der Waals surface area contributed by atoms with Crippen molar-refractivity contribution in [2.75, 3.05) is 13.4 Å². The minimum absolute atomic E-state index is 0.113. The molecule has 3 rings (SSSR count). The molecule has 6 N–H and O–H groups in total. The first-order chi connectivity index (χ1) is 17.4. The lowest BCUT2D eigenvalue weighted by atomic mass is 9.70. The number of hydrogen-bond acceptors (Lipinski definition) is 9. The lowest BCUT2D eigenvalue weighted by Crippen LogP contribution is -2.67. The van der Waals surface area contributed by atoms with Crippen LogP contribution in [-0.2, 0) is 18.8 Å². The second-order valence-corrected chi connectivity index (χ2v) is 12.6. The van der Waals surface area contributed by atoms with E-state index in [1.165, 1.54) is 25.1 Å². The summed E-state index contributed by atoms with van der Waals surface area (Å²) in [7, 11) is -4.92. The van der Waals surface area contributed by atoms with Gasteiger partial charge in [-0.05, 0) is 36.1 Å². The molecule has 214 valence electrons. The molecule has 1 amide bonds. The minimum Gasteiger partial charge on any atom is -0.489 e. The van der Waals surface area contributed by atoms with E-state index in [0.717, 1.165) is 0 Å². The van der Waals surface area contributed by atoms with Gasteiger partial charge >= 0.3 is 7.82 Å². The Balaban J connectivity index is 1.79. The quantitative estimate of drug-likeness (QED) is 0.199. The average Bonchev–Trinajstić information content (AvgIpc) is 3.28. The molecule has 1 aliphatic heterocycles. The van der Waals surface area contributed by atoms with Crippen molar-refractivity contribution in [2.45, 2.75) is 78.1 Å². The van der Waals surface area contributed by atoms with E-state index < -0.39 is 50.3 Å². The number of hydrogen-bond donors (Lipinski definition) is 6. The molecule has 0 radical (unpaired) electrons. The fraction of sp³-hybridized carbons (Fsp3) is 0.640. The number of phosphoric acid groups is 1. The molecule has 1 aliphatic carbocycles. The summed E-state index contributed by atoms with van der Waals surface area (Å²) in [5.41, 5.74) is 0.129. The molecule has 0 spiro atoms. The van der Waals surface area contributed by atoms with Crippen molar-refractivity contribution in [3.8, 4) is 11.5 Å². The molecule has 0 aromatic heterocycles. The first kappa shape index (κ1) is 30.5. The molecular formula is C25H38NO11P. The zero-order valence-corrected chi connectivity index (χ0v) is 23.2. The summed E-state index contributed by atoms with van der Waals surface area (Å²) in [6.45, 7) is 11.8. The molecule has 1 saturated carbocycles. The third-order valence-electron chi connectivity index (χ3n) is 7.45. The number of rotatable bonds is 8. The van der Waals surface area contributed by atoms with Gasteiger partial charge in [-0.25, -0.2) is 4.57 Å². The fourth-order valence-electron chi connectivity index (χ4n) is 3.94. The van der Waals surface area contributed by atoms with Crippen molar-refractivity contribution >= 4 is 19.8 Å². The van der Waals surface area contributed by atoms with Crippen LogP contribution in [0, 0.1) is 10.8 Å². The third kappa shape index (κ3) is 6.94. The molecule has 6 atom stereocenters. The third-order valence-corrected chi connectivity index (χ3v) is 7.88. The summed E-state index contributed by atoms with van der Waals surface area (Å²) >= 11 is 0. The van der Waals surface area contributed by atoms with Gasteiger partial charge in [0.15, 0.2) is 11.5 Å². The second-order valence-electron chi connectivity index (χ2n) is 11.4. The molecule has 12 nitrogen and oxygen atoms in total. The monoisotopic (exact) mass is 559 g/mol. The van der Waals surface area contributed by atoms with Crippen molar-refractivity contribution < 1.29 is 53.2 Å². The molecule has 1 aromatic carbocycles. The predicted molar refractivity (Wildman–Crippen MR) is 136 cm³/mol. The lowest BCUT2D eigenvalue weighted by molar-refractivity contribution is -0.155. The fourth-order valence-corrected chi connectivity index (χ4v) is 4.34. The van der Waals surface area contributed by atoms with E-state index in [9.17, 15) is 34.5 Å². The highest BCUT2D eigenvalue weighted by Gasteiger charge is 2.53. The van der Waals surface area contributed by atoms with Gasteiger partial charge in [0.25, 0.3) is 0 Å². The van der Waals surface area contributed by atoms with Gasteiger partial charge in [0.05, 0.1) is 12.6 Å². The molecule has 2 aliphatic rings.